The molecule has 33 heavy (non-hydrogen) atoms. The van der Waals surface area contributed by atoms with Crippen molar-refractivity contribution in [1.82, 2.24) is 10.2 Å². The van der Waals surface area contributed by atoms with E-state index in [2.05, 4.69) is 41.1 Å². The molecule has 0 radical (unpaired) electrons. The molecule has 0 spiro atoms. The maximum Gasteiger partial charge on any atom is 0.261 e. The summed E-state index contributed by atoms with van der Waals surface area (Å²) in [5, 5.41) is 3.08. The van der Waals surface area contributed by atoms with Crippen LogP contribution in [0.5, 0.6) is 11.5 Å². The van der Waals surface area contributed by atoms with Gasteiger partial charge in [-0.15, -0.1) is 23.7 Å². The first kappa shape index (κ1) is 27.3. The molecule has 1 aliphatic heterocycles. The molecule has 0 atom stereocenters. The molecule has 1 aliphatic rings. The molecule has 2 aromatic rings. The number of hydrogen-bond donors (Lipinski definition) is 1. The number of halogens is 1. The fourth-order valence-electron chi connectivity index (χ4n) is 4.25. The molecule has 2 heterocycles. The summed E-state index contributed by atoms with van der Waals surface area (Å²) in [4.78, 5) is 19.1. The molecule has 0 bridgehead atoms. The number of rotatable bonds is 11. The molecule has 1 N–H and O–H groups in total. The van der Waals surface area contributed by atoms with Crippen molar-refractivity contribution >= 4 is 35.3 Å². The van der Waals surface area contributed by atoms with Crippen molar-refractivity contribution in [1.29, 1.82) is 0 Å². The number of methoxy groups -OCH3 is 1. The van der Waals surface area contributed by atoms with E-state index in [9.17, 15) is 4.79 Å². The summed E-state index contributed by atoms with van der Waals surface area (Å²) < 4.78 is 11.8. The third-order valence-corrected chi connectivity index (χ3v) is 7.06. The summed E-state index contributed by atoms with van der Waals surface area (Å²) in [7, 11) is 1.68. The number of thiophene rings is 1. The van der Waals surface area contributed by atoms with Gasteiger partial charge >= 0.3 is 0 Å². The first-order valence-corrected chi connectivity index (χ1v) is 12.6. The van der Waals surface area contributed by atoms with Gasteiger partial charge in [0.2, 0.25) is 0 Å². The van der Waals surface area contributed by atoms with Gasteiger partial charge in [-0.1, -0.05) is 6.42 Å². The Kier molecular flexibility index (Phi) is 11.3. The Morgan fingerprint density at radius 2 is 1.79 bits per heavy atom. The normalized spacial score (nSPS) is 13.8. The number of piperidine rings is 1. The Labute approximate surface area is 208 Å². The van der Waals surface area contributed by atoms with Crippen molar-refractivity contribution in [3.05, 3.63) is 29.1 Å². The molecule has 1 aromatic heterocycles. The molecule has 0 saturated carbocycles. The van der Waals surface area contributed by atoms with Crippen LogP contribution in [0.15, 0.2) is 24.3 Å². The lowest BCUT2D eigenvalue weighted by atomic mass is 10.1. The summed E-state index contributed by atoms with van der Waals surface area (Å²) in [5.74, 6) is 1.47. The molecule has 1 aromatic carbocycles. The fraction of sp³-hybridized carbons (Fsp3) is 0.560. The van der Waals surface area contributed by atoms with Crippen LogP contribution in [0.25, 0.3) is 10.4 Å². The fourth-order valence-corrected chi connectivity index (χ4v) is 5.19. The number of nitrogens with one attached hydrogen (secondary N) is 1. The van der Waals surface area contributed by atoms with Gasteiger partial charge in [0.05, 0.1) is 24.3 Å². The van der Waals surface area contributed by atoms with Crippen molar-refractivity contribution in [2.75, 3.05) is 57.9 Å². The maximum atomic E-state index is 12.7. The number of carbonyl (C=O) groups excluding carboxylic acids is 1. The number of likely N-dealkylation sites (tertiary alicyclic amines) is 1. The average molecular weight is 496 g/mol. The Bertz CT molecular complexity index is 880. The number of carbonyl (C=O) groups is 1. The Morgan fingerprint density at radius 3 is 2.42 bits per heavy atom. The van der Waals surface area contributed by atoms with E-state index in [1.165, 1.54) is 30.6 Å². The van der Waals surface area contributed by atoms with Crippen LogP contribution in [0.4, 0.5) is 5.69 Å². The molecule has 1 amide bonds. The zero-order valence-corrected chi connectivity index (χ0v) is 21.9. The number of hydrogen-bond acceptors (Lipinski definition) is 6. The first-order chi connectivity index (χ1) is 15.6. The number of ether oxygens (including phenoxy) is 2. The van der Waals surface area contributed by atoms with Gasteiger partial charge < -0.3 is 24.6 Å². The van der Waals surface area contributed by atoms with Gasteiger partial charge in [0.15, 0.2) is 11.5 Å². The van der Waals surface area contributed by atoms with E-state index in [0.717, 1.165) is 60.4 Å². The Morgan fingerprint density at radius 1 is 1.06 bits per heavy atom. The molecule has 8 heteroatoms. The topological polar surface area (TPSA) is 54.0 Å². The molecule has 6 nitrogen and oxygen atoms in total. The molecule has 0 aliphatic carbocycles. The molecular weight excluding hydrogens is 458 g/mol. The minimum absolute atomic E-state index is 0. The van der Waals surface area contributed by atoms with Gasteiger partial charge in [0.1, 0.15) is 0 Å². The second-order valence-electron chi connectivity index (χ2n) is 7.92. The number of benzene rings is 1. The minimum Gasteiger partial charge on any atom is -0.491 e. The van der Waals surface area contributed by atoms with Gasteiger partial charge in [-0.05, 0) is 71.0 Å². The first-order valence-electron chi connectivity index (χ1n) is 11.8. The summed E-state index contributed by atoms with van der Waals surface area (Å²) in [6.45, 7) is 12.4. The van der Waals surface area contributed by atoms with Crippen LogP contribution in [0, 0.1) is 0 Å². The van der Waals surface area contributed by atoms with Crippen molar-refractivity contribution in [2.24, 2.45) is 0 Å². The van der Waals surface area contributed by atoms with Crippen LogP contribution in [0.3, 0.4) is 0 Å². The van der Waals surface area contributed by atoms with Gasteiger partial charge in [-0.25, -0.2) is 0 Å². The molecule has 1 saturated heterocycles. The predicted octanol–water partition coefficient (Wildman–Crippen LogP) is 5.31. The van der Waals surface area contributed by atoms with Crippen LogP contribution >= 0.6 is 23.7 Å². The highest BCUT2D eigenvalue weighted by Crippen LogP contribution is 2.46. The van der Waals surface area contributed by atoms with Crippen LogP contribution < -0.4 is 19.7 Å². The van der Waals surface area contributed by atoms with Crippen LogP contribution in [0.2, 0.25) is 0 Å². The van der Waals surface area contributed by atoms with Gasteiger partial charge in [-0.3, -0.25) is 4.79 Å². The van der Waals surface area contributed by atoms with Gasteiger partial charge in [0, 0.05) is 36.6 Å². The molecule has 0 unspecified atom stereocenters. The van der Waals surface area contributed by atoms with Crippen molar-refractivity contribution in [3.8, 4) is 21.9 Å². The molecule has 1 fully saturated rings. The van der Waals surface area contributed by atoms with E-state index in [4.69, 9.17) is 9.47 Å². The number of nitrogens with zero attached hydrogens (tertiary/aromatic N) is 2. The van der Waals surface area contributed by atoms with Crippen molar-refractivity contribution < 1.29 is 14.3 Å². The van der Waals surface area contributed by atoms with E-state index >= 15 is 0 Å². The van der Waals surface area contributed by atoms with Crippen LogP contribution in [-0.2, 0) is 0 Å². The van der Waals surface area contributed by atoms with E-state index < -0.39 is 0 Å². The average Bonchev–Trinajstić information content (AvgIpc) is 3.31. The van der Waals surface area contributed by atoms with E-state index in [1.807, 2.05) is 19.1 Å². The van der Waals surface area contributed by atoms with E-state index in [-0.39, 0.29) is 18.3 Å². The third kappa shape index (κ3) is 6.78. The maximum absolute atomic E-state index is 12.7. The standard InChI is InChI=1S/C25H37N3O3S.ClH/c1-5-28(6-2)20-12-11-19(23(31-7-3)24(20)30-4)21-13-14-22(32-21)25(29)26-15-18-27-16-9-8-10-17-27;/h11-14H,5-10,15-18H2,1-4H3,(H,26,29);1H. The van der Waals surface area contributed by atoms with Gasteiger partial charge in [0.25, 0.3) is 5.91 Å². The SMILES string of the molecule is CCOc1c(-c2ccc(C(=O)NCCN3CCCCC3)s2)ccc(N(CC)CC)c1OC.Cl. The van der Waals surface area contributed by atoms with Crippen LogP contribution in [-0.4, -0.2) is 63.8 Å². The zero-order chi connectivity index (χ0) is 22.9. The number of anilines is 1. The zero-order valence-electron chi connectivity index (χ0n) is 20.3. The molecule has 3 rings (SSSR count). The quantitative estimate of drug-likeness (QED) is 0.458. The smallest absolute Gasteiger partial charge is 0.261 e. The number of amides is 1. The minimum atomic E-state index is -0.0112. The monoisotopic (exact) mass is 495 g/mol. The summed E-state index contributed by atoms with van der Waals surface area (Å²) >= 11 is 1.49. The molecular formula is C25H38ClN3O3S. The molecule has 184 valence electrons. The third-order valence-electron chi connectivity index (χ3n) is 5.95. The summed E-state index contributed by atoms with van der Waals surface area (Å²) in [5.41, 5.74) is 1.98. The predicted molar refractivity (Wildman–Crippen MR) is 141 cm³/mol. The lowest BCUT2D eigenvalue weighted by molar-refractivity contribution is 0.0950. The second kappa shape index (κ2) is 13.7. The summed E-state index contributed by atoms with van der Waals surface area (Å²) in [6, 6.07) is 8.06. The van der Waals surface area contributed by atoms with Gasteiger partial charge in [-0.2, -0.15) is 0 Å². The highest BCUT2D eigenvalue weighted by atomic mass is 35.5. The second-order valence-corrected chi connectivity index (χ2v) is 9.01. The highest BCUT2D eigenvalue weighted by Gasteiger charge is 2.21. The van der Waals surface area contributed by atoms with Crippen molar-refractivity contribution in [3.63, 3.8) is 0 Å². The summed E-state index contributed by atoms with van der Waals surface area (Å²) in [6.07, 6.45) is 3.85. The van der Waals surface area contributed by atoms with E-state index in [1.54, 1.807) is 7.11 Å². The Hall–Kier alpha value is -1.96. The lowest BCUT2D eigenvalue weighted by Gasteiger charge is -2.26. The highest BCUT2D eigenvalue weighted by molar-refractivity contribution is 7.17. The Balaban J connectivity index is 0.00000385. The largest absolute Gasteiger partial charge is 0.491 e. The lowest BCUT2D eigenvalue weighted by Crippen LogP contribution is -2.37. The van der Waals surface area contributed by atoms with E-state index in [0.29, 0.717) is 18.0 Å². The van der Waals surface area contributed by atoms with Crippen molar-refractivity contribution in [2.45, 2.75) is 40.0 Å². The van der Waals surface area contributed by atoms with Crippen LogP contribution in [0.1, 0.15) is 49.7 Å².